The van der Waals surface area contributed by atoms with Gasteiger partial charge < -0.3 is 4.42 Å². The summed E-state index contributed by atoms with van der Waals surface area (Å²) in [5.74, 6) is 1.81. The first-order chi connectivity index (χ1) is 9.56. The first-order valence-corrected chi connectivity index (χ1v) is 8.28. The number of oxazole rings is 1. The maximum Gasteiger partial charge on any atom is 0.256 e. The molecule has 0 saturated heterocycles. The van der Waals surface area contributed by atoms with Crippen LogP contribution in [0.3, 0.4) is 0 Å². The van der Waals surface area contributed by atoms with Gasteiger partial charge in [-0.25, -0.2) is 4.98 Å². The molecule has 112 valence electrons. The molecule has 0 spiro atoms. The molecule has 1 unspecified atom stereocenters. The van der Waals surface area contributed by atoms with Crippen molar-refractivity contribution in [3.8, 4) is 6.07 Å². The van der Waals surface area contributed by atoms with Crippen LogP contribution in [-0.4, -0.2) is 22.8 Å². The minimum Gasteiger partial charge on any atom is -0.437 e. The van der Waals surface area contributed by atoms with Gasteiger partial charge in [0.15, 0.2) is 0 Å². The Labute approximate surface area is 126 Å². The molecule has 0 fully saturated rings. The van der Waals surface area contributed by atoms with Gasteiger partial charge >= 0.3 is 0 Å². The molecule has 1 aromatic heterocycles. The van der Waals surface area contributed by atoms with Crippen LogP contribution in [0.15, 0.2) is 9.64 Å². The molecule has 4 nitrogen and oxygen atoms in total. The third-order valence-electron chi connectivity index (χ3n) is 3.51. The summed E-state index contributed by atoms with van der Waals surface area (Å²) in [6, 6.07) is 2.45. The maximum atomic E-state index is 9.41. The summed E-state index contributed by atoms with van der Waals surface area (Å²) in [5, 5.41) is 13.5. The van der Waals surface area contributed by atoms with Crippen molar-refractivity contribution in [2.24, 2.45) is 0 Å². The van der Waals surface area contributed by atoms with E-state index in [2.05, 4.69) is 30.2 Å². The van der Waals surface area contributed by atoms with Crippen LogP contribution in [0, 0.1) is 25.2 Å². The Hall–Kier alpha value is -0.990. The van der Waals surface area contributed by atoms with Crippen molar-refractivity contribution in [2.45, 2.75) is 64.1 Å². The maximum absolute atomic E-state index is 9.41. The molecular formula is C15H25N3OS. The lowest BCUT2D eigenvalue weighted by atomic mass is 9.92. The Balaban J connectivity index is 2.39. The fraction of sp³-hybridized carbons (Fsp3) is 0.733. The molecule has 0 radical (unpaired) electrons. The quantitative estimate of drug-likeness (QED) is 0.554. The van der Waals surface area contributed by atoms with Crippen molar-refractivity contribution in [1.29, 1.82) is 5.26 Å². The molecule has 0 aromatic carbocycles. The van der Waals surface area contributed by atoms with E-state index in [4.69, 9.17) is 4.42 Å². The van der Waals surface area contributed by atoms with E-state index in [9.17, 15) is 5.26 Å². The van der Waals surface area contributed by atoms with E-state index in [0.717, 1.165) is 54.7 Å². The predicted molar refractivity (Wildman–Crippen MR) is 82.9 cm³/mol. The van der Waals surface area contributed by atoms with Gasteiger partial charge in [0.05, 0.1) is 11.8 Å². The summed E-state index contributed by atoms with van der Waals surface area (Å²) in [4.78, 5) is 4.35. The molecule has 1 heterocycles. The van der Waals surface area contributed by atoms with Crippen molar-refractivity contribution in [3.63, 3.8) is 0 Å². The van der Waals surface area contributed by atoms with E-state index < -0.39 is 0 Å². The second kappa shape index (κ2) is 8.33. The molecule has 0 bridgehead atoms. The predicted octanol–water partition coefficient (Wildman–Crippen LogP) is 3.84. The smallest absolute Gasteiger partial charge is 0.256 e. The number of hydrogen-bond acceptors (Lipinski definition) is 5. The summed E-state index contributed by atoms with van der Waals surface area (Å²) < 4.78 is 5.54. The molecule has 1 aromatic rings. The molecule has 20 heavy (non-hydrogen) atoms. The number of hydrogen-bond donors (Lipinski definition) is 1. The Morgan fingerprint density at radius 3 is 2.65 bits per heavy atom. The van der Waals surface area contributed by atoms with Gasteiger partial charge in [-0.2, -0.15) is 5.26 Å². The second-order valence-electron chi connectivity index (χ2n) is 5.05. The highest BCUT2D eigenvalue weighted by atomic mass is 32.2. The van der Waals surface area contributed by atoms with Gasteiger partial charge in [0.2, 0.25) is 0 Å². The highest BCUT2D eigenvalue weighted by Gasteiger charge is 2.26. The Kier molecular flexibility index (Phi) is 7.11. The molecule has 0 amide bonds. The molecule has 0 aliphatic carbocycles. The second-order valence-corrected chi connectivity index (χ2v) is 6.09. The average Bonchev–Trinajstić information content (AvgIpc) is 2.78. The standard InChI is InChI=1S/C15H25N3OS/c1-5-9-17-15(6-2,11-16)8-7-10-20-14-18-12(3)13(4)19-14/h17H,5-10H2,1-4H3. The monoisotopic (exact) mass is 295 g/mol. The third kappa shape index (κ3) is 4.84. The number of rotatable bonds is 9. The molecule has 0 saturated carbocycles. The van der Waals surface area contributed by atoms with Crippen LogP contribution in [-0.2, 0) is 0 Å². The lowest BCUT2D eigenvalue weighted by Gasteiger charge is -2.26. The number of nitrogens with one attached hydrogen (secondary N) is 1. The number of aromatic nitrogens is 1. The minimum atomic E-state index is -0.376. The van der Waals surface area contributed by atoms with Gasteiger partial charge in [-0.1, -0.05) is 25.6 Å². The van der Waals surface area contributed by atoms with E-state index >= 15 is 0 Å². The summed E-state index contributed by atoms with van der Waals surface area (Å²) in [5.41, 5.74) is 0.580. The Morgan fingerprint density at radius 2 is 2.15 bits per heavy atom. The van der Waals surface area contributed by atoms with Gasteiger partial charge in [0.25, 0.3) is 5.22 Å². The fourth-order valence-corrected chi connectivity index (χ4v) is 2.82. The van der Waals surface area contributed by atoms with Crippen LogP contribution in [0.5, 0.6) is 0 Å². The first kappa shape index (κ1) is 17.1. The largest absolute Gasteiger partial charge is 0.437 e. The molecule has 5 heteroatoms. The van der Waals surface area contributed by atoms with Gasteiger partial charge in [-0.3, -0.25) is 5.32 Å². The number of nitrogens with zero attached hydrogens (tertiary/aromatic N) is 2. The molecule has 0 aliphatic heterocycles. The van der Waals surface area contributed by atoms with Crippen LogP contribution in [0.2, 0.25) is 0 Å². The van der Waals surface area contributed by atoms with E-state index in [-0.39, 0.29) is 5.54 Å². The molecule has 1 rings (SSSR count). The summed E-state index contributed by atoms with van der Waals surface area (Å²) >= 11 is 1.63. The number of thioether (sulfide) groups is 1. The number of aryl methyl sites for hydroxylation is 2. The molecule has 1 N–H and O–H groups in total. The highest BCUT2D eigenvalue weighted by Crippen LogP contribution is 2.24. The highest BCUT2D eigenvalue weighted by molar-refractivity contribution is 7.99. The van der Waals surface area contributed by atoms with Crippen molar-refractivity contribution in [2.75, 3.05) is 12.3 Å². The normalized spacial score (nSPS) is 13.9. The van der Waals surface area contributed by atoms with E-state index in [1.165, 1.54) is 0 Å². The molecule has 0 aliphatic rings. The van der Waals surface area contributed by atoms with Crippen molar-refractivity contribution < 1.29 is 4.42 Å². The van der Waals surface area contributed by atoms with Gasteiger partial charge in [0.1, 0.15) is 11.3 Å². The topological polar surface area (TPSA) is 61.9 Å². The van der Waals surface area contributed by atoms with E-state index in [1.54, 1.807) is 11.8 Å². The molecule has 1 atom stereocenters. The average molecular weight is 295 g/mol. The lowest BCUT2D eigenvalue weighted by molar-refractivity contribution is 0.371. The first-order valence-electron chi connectivity index (χ1n) is 7.30. The summed E-state index contributed by atoms with van der Waals surface area (Å²) in [6.45, 7) is 8.97. The zero-order valence-corrected chi connectivity index (χ0v) is 13.8. The Morgan fingerprint density at radius 1 is 1.40 bits per heavy atom. The third-order valence-corrected chi connectivity index (χ3v) is 4.43. The molecular weight excluding hydrogens is 270 g/mol. The van der Waals surface area contributed by atoms with Crippen LogP contribution in [0.1, 0.15) is 51.0 Å². The van der Waals surface area contributed by atoms with Gasteiger partial charge in [-0.05, 0) is 46.1 Å². The van der Waals surface area contributed by atoms with E-state index in [1.807, 2.05) is 13.8 Å². The van der Waals surface area contributed by atoms with Gasteiger partial charge in [-0.15, -0.1) is 0 Å². The lowest BCUT2D eigenvalue weighted by Crippen LogP contribution is -2.43. The van der Waals surface area contributed by atoms with Crippen LogP contribution in [0.4, 0.5) is 0 Å². The fourth-order valence-electron chi connectivity index (χ4n) is 1.97. The SMILES string of the molecule is CCCNC(C#N)(CC)CCCSc1nc(C)c(C)o1. The summed E-state index contributed by atoms with van der Waals surface area (Å²) in [7, 11) is 0. The van der Waals surface area contributed by atoms with Gasteiger partial charge in [0, 0.05) is 5.75 Å². The Bertz CT molecular complexity index is 433. The zero-order valence-electron chi connectivity index (χ0n) is 13.0. The zero-order chi connectivity index (χ0) is 15.0. The van der Waals surface area contributed by atoms with E-state index in [0.29, 0.717) is 0 Å². The van der Waals surface area contributed by atoms with Crippen LogP contribution >= 0.6 is 11.8 Å². The van der Waals surface area contributed by atoms with Crippen molar-refractivity contribution in [1.82, 2.24) is 10.3 Å². The van der Waals surface area contributed by atoms with Crippen LogP contribution < -0.4 is 5.32 Å². The number of nitriles is 1. The minimum absolute atomic E-state index is 0.376. The van der Waals surface area contributed by atoms with Crippen molar-refractivity contribution >= 4 is 11.8 Å². The van der Waals surface area contributed by atoms with Crippen LogP contribution in [0.25, 0.3) is 0 Å². The summed E-state index contributed by atoms with van der Waals surface area (Å²) in [6.07, 6.45) is 3.73. The van der Waals surface area contributed by atoms with Crippen molar-refractivity contribution in [3.05, 3.63) is 11.5 Å².